The lowest BCUT2D eigenvalue weighted by Crippen LogP contribution is -2.58. The highest BCUT2D eigenvalue weighted by molar-refractivity contribution is 5.95. The van der Waals surface area contributed by atoms with Gasteiger partial charge in [-0.2, -0.15) is 0 Å². The first kappa shape index (κ1) is 33.1. The minimum absolute atomic E-state index is 0.0782. The number of carbonyl (C=O) groups excluding carboxylic acids is 4. The van der Waals surface area contributed by atoms with E-state index in [1.807, 2.05) is 84.9 Å². The summed E-state index contributed by atoms with van der Waals surface area (Å²) in [4.78, 5) is 52.0. The van der Waals surface area contributed by atoms with Crippen molar-refractivity contribution in [1.29, 1.82) is 0 Å². The second kappa shape index (κ2) is 15.8. The van der Waals surface area contributed by atoms with Crippen LogP contribution in [0.3, 0.4) is 0 Å². The van der Waals surface area contributed by atoms with E-state index in [9.17, 15) is 19.2 Å². The molecular formula is C34H41N7O4. The van der Waals surface area contributed by atoms with E-state index in [-0.39, 0.29) is 38.8 Å². The zero-order chi connectivity index (χ0) is 32.3. The minimum Gasteiger partial charge on any atom is -0.368 e. The van der Waals surface area contributed by atoms with Gasteiger partial charge in [-0.3, -0.25) is 19.2 Å². The summed E-state index contributed by atoms with van der Waals surface area (Å²) in [7, 11) is 0. The SMILES string of the molecule is NCC[C@H](NC(=O)[C@H](CCN)NC(=O)[C@H](Cc1ccc2ccccc2c1)NC(=O)[C@H](N)Cc1ccc2ccccc2c1)C(N)=O. The molecule has 0 fully saturated rings. The molecule has 0 aromatic heterocycles. The molecule has 0 aliphatic carbocycles. The van der Waals surface area contributed by atoms with E-state index in [0.29, 0.717) is 0 Å². The Morgan fingerprint density at radius 3 is 1.53 bits per heavy atom. The van der Waals surface area contributed by atoms with E-state index in [4.69, 9.17) is 22.9 Å². The Hall–Kier alpha value is -4.84. The summed E-state index contributed by atoms with van der Waals surface area (Å²) in [5, 5.41) is 12.2. The van der Waals surface area contributed by atoms with Gasteiger partial charge >= 0.3 is 0 Å². The van der Waals surface area contributed by atoms with Crippen LogP contribution < -0.4 is 38.9 Å². The zero-order valence-electron chi connectivity index (χ0n) is 25.1. The van der Waals surface area contributed by atoms with Crippen molar-refractivity contribution in [2.24, 2.45) is 22.9 Å². The van der Waals surface area contributed by atoms with Crippen LogP contribution in [0.5, 0.6) is 0 Å². The van der Waals surface area contributed by atoms with Gasteiger partial charge in [0.05, 0.1) is 6.04 Å². The highest BCUT2D eigenvalue weighted by Gasteiger charge is 2.30. The molecule has 11 heteroatoms. The fraction of sp³-hybridized carbons (Fsp3) is 0.294. The largest absolute Gasteiger partial charge is 0.368 e. The van der Waals surface area contributed by atoms with E-state index in [1.165, 1.54) is 0 Å². The molecule has 0 bridgehead atoms. The number of carbonyl (C=O) groups is 4. The Kier molecular flexibility index (Phi) is 11.6. The fourth-order valence-corrected chi connectivity index (χ4v) is 5.23. The molecule has 4 atom stereocenters. The van der Waals surface area contributed by atoms with E-state index >= 15 is 0 Å². The lowest BCUT2D eigenvalue weighted by Gasteiger charge is -2.25. The molecule has 0 aliphatic heterocycles. The predicted octanol–water partition coefficient (Wildman–Crippen LogP) is 0.743. The van der Waals surface area contributed by atoms with Crippen LogP contribution in [0.25, 0.3) is 21.5 Å². The van der Waals surface area contributed by atoms with Crippen molar-refractivity contribution in [3.05, 3.63) is 96.1 Å². The number of hydrogen-bond donors (Lipinski definition) is 7. The second-order valence-corrected chi connectivity index (χ2v) is 11.1. The molecule has 0 aliphatic rings. The average molecular weight is 612 g/mol. The monoisotopic (exact) mass is 611 g/mol. The number of nitrogens with one attached hydrogen (secondary N) is 3. The maximum atomic E-state index is 13.7. The summed E-state index contributed by atoms with van der Waals surface area (Å²) in [6.45, 7) is 0.204. The molecule has 0 radical (unpaired) electrons. The normalized spacial score (nSPS) is 13.8. The van der Waals surface area contributed by atoms with E-state index in [2.05, 4.69) is 16.0 Å². The van der Waals surface area contributed by atoms with Crippen molar-refractivity contribution >= 4 is 45.2 Å². The van der Waals surface area contributed by atoms with Crippen LogP contribution in [0.15, 0.2) is 84.9 Å². The van der Waals surface area contributed by atoms with Gasteiger partial charge in [0.15, 0.2) is 0 Å². The van der Waals surface area contributed by atoms with Gasteiger partial charge in [-0.25, -0.2) is 0 Å². The molecule has 4 aromatic rings. The number of hydrogen-bond acceptors (Lipinski definition) is 7. The van der Waals surface area contributed by atoms with Crippen molar-refractivity contribution in [2.45, 2.75) is 49.9 Å². The molecule has 0 heterocycles. The second-order valence-electron chi connectivity index (χ2n) is 11.1. The molecule has 0 unspecified atom stereocenters. The predicted molar refractivity (Wildman–Crippen MR) is 176 cm³/mol. The van der Waals surface area contributed by atoms with Crippen molar-refractivity contribution in [3.8, 4) is 0 Å². The summed E-state index contributed by atoms with van der Waals surface area (Å²) in [5.74, 6) is -2.48. The number of primary amides is 1. The summed E-state index contributed by atoms with van der Waals surface area (Å²) in [6, 6.07) is 23.3. The maximum Gasteiger partial charge on any atom is 0.243 e. The van der Waals surface area contributed by atoms with Crippen molar-refractivity contribution in [2.75, 3.05) is 13.1 Å². The third kappa shape index (κ3) is 9.08. The molecule has 236 valence electrons. The lowest BCUT2D eigenvalue weighted by molar-refractivity contribution is -0.133. The third-order valence-electron chi connectivity index (χ3n) is 7.70. The number of amides is 4. The van der Waals surface area contributed by atoms with Gasteiger partial charge in [0.1, 0.15) is 18.1 Å². The van der Waals surface area contributed by atoms with Gasteiger partial charge in [-0.1, -0.05) is 84.9 Å². The van der Waals surface area contributed by atoms with Gasteiger partial charge in [-0.05, 0) is 65.0 Å². The van der Waals surface area contributed by atoms with Crippen molar-refractivity contribution < 1.29 is 19.2 Å². The summed E-state index contributed by atoms with van der Waals surface area (Å²) in [5.41, 5.74) is 24.7. The van der Waals surface area contributed by atoms with Crippen molar-refractivity contribution in [3.63, 3.8) is 0 Å². The topological polar surface area (TPSA) is 208 Å². The van der Waals surface area contributed by atoms with Gasteiger partial charge in [-0.15, -0.1) is 0 Å². The van der Waals surface area contributed by atoms with Gasteiger partial charge in [0.25, 0.3) is 0 Å². The smallest absolute Gasteiger partial charge is 0.243 e. The average Bonchev–Trinajstić information content (AvgIpc) is 3.03. The van der Waals surface area contributed by atoms with Crippen LogP contribution in [-0.4, -0.2) is 60.9 Å². The van der Waals surface area contributed by atoms with Crippen LogP contribution in [0, 0.1) is 0 Å². The Labute approximate surface area is 262 Å². The van der Waals surface area contributed by atoms with Gasteiger partial charge in [0, 0.05) is 6.42 Å². The number of fused-ring (bicyclic) bond motifs is 2. The lowest BCUT2D eigenvalue weighted by atomic mass is 9.99. The number of rotatable bonds is 15. The Bertz CT molecular complexity index is 1660. The molecule has 4 rings (SSSR count). The summed E-state index contributed by atoms with van der Waals surface area (Å²) in [6.07, 6.45) is 0.623. The molecule has 11 N–H and O–H groups in total. The van der Waals surface area contributed by atoms with Crippen molar-refractivity contribution in [1.82, 2.24) is 16.0 Å². The molecular weight excluding hydrogens is 570 g/mol. The standard InChI is InChI=1S/C34H41N7O4/c35-15-13-28(31(38)42)39-33(44)29(14-16-36)40-34(45)30(20-22-10-12-24-6-2-4-8-26(24)18-22)41-32(43)27(37)19-21-9-11-23-5-1-3-7-25(23)17-21/h1-12,17-18,27-30H,13-16,19-20,35-37H2,(H2,38,42)(H,39,44)(H,40,45)(H,41,43)/t27-,28+,29+,30+/m1/s1. The van der Waals surface area contributed by atoms with E-state index in [0.717, 1.165) is 32.7 Å². The highest BCUT2D eigenvalue weighted by atomic mass is 16.2. The zero-order valence-corrected chi connectivity index (χ0v) is 25.1. The minimum atomic E-state index is -1.08. The van der Waals surface area contributed by atoms with Crippen LogP contribution >= 0.6 is 0 Å². The third-order valence-corrected chi connectivity index (χ3v) is 7.70. The first-order valence-corrected chi connectivity index (χ1v) is 15.0. The first-order valence-electron chi connectivity index (χ1n) is 15.0. The van der Waals surface area contributed by atoms with Gasteiger partial charge in [0.2, 0.25) is 23.6 Å². The van der Waals surface area contributed by atoms with E-state index in [1.54, 1.807) is 0 Å². The number of nitrogens with two attached hydrogens (primary N) is 4. The fourth-order valence-electron chi connectivity index (χ4n) is 5.23. The Morgan fingerprint density at radius 2 is 1.00 bits per heavy atom. The van der Waals surface area contributed by atoms with Crippen LogP contribution in [0.1, 0.15) is 24.0 Å². The molecule has 0 saturated heterocycles. The Morgan fingerprint density at radius 1 is 0.556 bits per heavy atom. The number of benzene rings is 4. The summed E-state index contributed by atoms with van der Waals surface area (Å²) < 4.78 is 0. The van der Waals surface area contributed by atoms with Crippen LogP contribution in [-0.2, 0) is 32.0 Å². The molecule has 11 nitrogen and oxygen atoms in total. The molecule has 4 aromatic carbocycles. The summed E-state index contributed by atoms with van der Waals surface area (Å²) >= 11 is 0. The molecule has 0 saturated carbocycles. The molecule has 0 spiro atoms. The maximum absolute atomic E-state index is 13.7. The Balaban J connectivity index is 1.53. The molecule has 4 amide bonds. The quantitative estimate of drug-likeness (QED) is 0.102. The molecule has 45 heavy (non-hydrogen) atoms. The van der Waals surface area contributed by atoms with Gasteiger partial charge < -0.3 is 38.9 Å². The first-order chi connectivity index (χ1) is 21.7. The van der Waals surface area contributed by atoms with Crippen LogP contribution in [0.2, 0.25) is 0 Å². The highest BCUT2D eigenvalue weighted by Crippen LogP contribution is 2.18. The van der Waals surface area contributed by atoms with Crippen LogP contribution in [0.4, 0.5) is 0 Å². The van der Waals surface area contributed by atoms with E-state index < -0.39 is 47.8 Å².